The Hall–Kier alpha value is -6.32. The van der Waals surface area contributed by atoms with Gasteiger partial charge in [-0.2, -0.15) is 0 Å². The molecule has 10 rings (SSSR count). The highest BCUT2D eigenvalue weighted by molar-refractivity contribution is 6.21. The van der Waals surface area contributed by atoms with Crippen molar-refractivity contribution in [3.05, 3.63) is 164 Å². The van der Waals surface area contributed by atoms with E-state index >= 15 is 0 Å². The summed E-state index contributed by atoms with van der Waals surface area (Å²) >= 11 is 0. The number of benzene rings is 8. The molecule has 0 N–H and O–H groups in total. The quantitative estimate of drug-likeness (QED) is 0.201. The second-order valence-electron chi connectivity index (χ2n) is 12.1. The third-order valence-corrected chi connectivity index (χ3v) is 9.46. The molecule has 47 heavy (non-hydrogen) atoms. The highest BCUT2D eigenvalue weighted by Crippen LogP contribution is 2.42. The van der Waals surface area contributed by atoms with E-state index in [0.29, 0.717) is 0 Å². The first-order valence-corrected chi connectivity index (χ1v) is 15.9. The minimum Gasteiger partial charge on any atom is -0.456 e. The molecule has 0 saturated carbocycles. The topological polar surface area (TPSA) is 29.5 Å². The summed E-state index contributed by atoms with van der Waals surface area (Å²) in [5, 5.41) is 9.29. The summed E-state index contributed by atoms with van der Waals surface area (Å²) in [6.07, 6.45) is 0. The maximum atomic E-state index is 6.56. The van der Waals surface area contributed by atoms with Crippen LogP contribution in [0.2, 0.25) is 0 Å². The van der Waals surface area contributed by atoms with Crippen molar-refractivity contribution < 1.29 is 8.83 Å². The van der Waals surface area contributed by atoms with Crippen LogP contribution in [0.25, 0.3) is 76.5 Å². The van der Waals surface area contributed by atoms with Crippen LogP contribution < -0.4 is 4.90 Å². The van der Waals surface area contributed by atoms with Crippen LogP contribution in [0.15, 0.2) is 173 Å². The van der Waals surface area contributed by atoms with Crippen LogP contribution >= 0.6 is 0 Å². The minimum absolute atomic E-state index is 0.875. The largest absolute Gasteiger partial charge is 0.456 e. The molecule has 0 aliphatic carbocycles. The molecule has 0 fully saturated rings. The number of hydrogen-bond acceptors (Lipinski definition) is 3. The molecule has 10 aromatic rings. The Morgan fingerprint density at radius 2 is 1.06 bits per heavy atom. The number of rotatable bonds is 4. The van der Waals surface area contributed by atoms with Crippen molar-refractivity contribution >= 4 is 82.5 Å². The number of para-hydroxylation sites is 2. The summed E-state index contributed by atoms with van der Waals surface area (Å²) in [4.78, 5) is 2.29. The van der Waals surface area contributed by atoms with Crippen LogP contribution in [-0.4, -0.2) is 0 Å². The van der Waals surface area contributed by atoms with Crippen molar-refractivity contribution in [3.63, 3.8) is 0 Å². The predicted octanol–water partition coefficient (Wildman–Crippen LogP) is 12.9. The van der Waals surface area contributed by atoms with Crippen LogP contribution in [0.5, 0.6) is 0 Å². The molecular weight excluding hydrogens is 574 g/mol. The van der Waals surface area contributed by atoms with Gasteiger partial charge in [0.1, 0.15) is 22.3 Å². The first kappa shape index (κ1) is 26.0. The standard InChI is InChI=1S/C44H27NO2/c1-2-10-30(11-3-1)45(32-22-24-36-38-23-19-28-9-4-5-12-34(28)44(38)47-42(36)27-32)31-20-17-29(18-21-31)33-14-8-15-37-35(33)25-26-41-43(37)39-13-6-7-16-40(39)46-41/h1-27H. The van der Waals surface area contributed by atoms with Crippen molar-refractivity contribution in [2.24, 2.45) is 0 Å². The van der Waals surface area contributed by atoms with E-state index < -0.39 is 0 Å². The summed E-state index contributed by atoms with van der Waals surface area (Å²) in [5.74, 6) is 0. The van der Waals surface area contributed by atoms with Gasteiger partial charge in [0.15, 0.2) is 0 Å². The molecule has 2 aromatic heterocycles. The van der Waals surface area contributed by atoms with Crippen molar-refractivity contribution in [1.29, 1.82) is 0 Å². The van der Waals surface area contributed by atoms with Crippen molar-refractivity contribution in [2.45, 2.75) is 0 Å². The number of nitrogens with zero attached hydrogens (tertiary/aromatic N) is 1. The Morgan fingerprint density at radius 1 is 0.362 bits per heavy atom. The van der Waals surface area contributed by atoms with Gasteiger partial charge in [0.2, 0.25) is 0 Å². The van der Waals surface area contributed by atoms with Crippen molar-refractivity contribution in [1.82, 2.24) is 0 Å². The van der Waals surface area contributed by atoms with E-state index in [9.17, 15) is 0 Å². The fraction of sp³-hybridized carbons (Fsp3) is 0. The van der Waals surface area contributed by atoms with Crippen LogP contribution in [0, 0.1) is 0 Å². The van der Waals surface area contributed by atoms with E-state index in [-0.39, 0.29) is 0 Å². The van der Waals surface area contributed by atoms with E-state index in [1.54, 1.807) is 0 Å². The number of hydrogen-bond donors (Lipinski definition) is 0. The molecule has 3 nitrogen and oxygen atoms in total. The van der Waals surface area contributed by atoms with Crippen LogP contribution in [-0.2, 0) is 0 Å². The zero-order valence-electron chi connectivity index (χ0n) is 25.4. The maximum Gasteiger partial charge on any atom is 0.143 e. The van der Waals surface area contributed by atoms with Gasteiger partial charge in [-0.15, -0.1) is 0 Å². The zero-order valence-corrected chi connectivity index (χ0v) is 25.4. The molecule has 220 valence electrons. The van der Waals surface area contributed by atoms with Gasteiger partial charge in [-0.3, -0.25) is 0 Å². The van der Waals surface area contributed by atoms with Gasteiger partial charge in [-0.25, -0.2) is 0 Å². The second-order valence-corrected chi connectivity index (χ2v) is 12.1. The lowest BCUT2D eigenvalue weighted by molar-refractivity contribution is 0.669. The Balaban J connectivity index is 1.10. The molecule has 2 heterocycles. The third kappa shape index (κ3) is 4.00. The molecule has 0 aliphatic heterocycles. The van der Waals surface area contributed by atoms with Gasteiger partial charge in [-0.05, 0) is 81.9 Å². The number of anilines is 3. The lowest BCUT2D eigenvalue weighted by Gasteiger charge is -2.25. The molecule has 0 radical (unpaired) electrons. The molecule has 0 unspecified atom stereocenters. The Morgan fingerprint density at radius 3 is 1.96 bits per heavy atom. The minimum atomic E-state index is 0.875. The van der Waals surface area contributed by atoms with Crippen LogP contribution in [0.4, 0.5) is 17.1 Å². The summed E-state index contributed by atoms with van der Waals surface area (Å²) in [6.45, 7) is 0. The molecule has 3 heteroatoms. The average Bonchev–Trinajstić information content (AvgIpc) is 3.71. The van der Waals surface area contributed by atoms with E-state index in [0.717, 1.165) is 60.9 Å². The van der Waals surface area contributed by atoms with Gasteiger partial charge < -0.3 is 13.7 Å². The summed E-state index contributed by atoms with van der Waals surface area (Å²) in [6, 6.07) is 57.8. The van der Waals surface area contributed by atoms with Crippen molar-refractivity contribution in [3.8, 4) is 11.1 Å². The fourth-order valence-electron chi connectivity index (χ4n) is 7.28. The highest BCUT2D eigenvalue weighted by Gasteiger charge is 2.17. The van der Waals surface area contributed by atoms with Crippen LogP contribution in [0.1, 0.15) is 0 Å². The summed E-state index contributed by atoms with van der Waals surface area (Å²) in [7, 11) is 0. The maximum absolute atomic E-state index is 6.56. The van der Waals surface area contributed by atoms with E-state index in [2.05, 4.69) is 157 Å². The lowest BCUT2D eigenvalue weighted by atomic mass is 9.95. The Kier molecular flexibility index (Phi) is 5.57. The lowest BCUT2D eigenvalue weighted by Crippen LogP contribution is -2.09. The summed E-state index contributed by atoms with van der Waals surface area (Å²) < 4.78 is 12.7. The molecule has 0 spiro atoms. The van der Waals surface area contributed by atoms with Gasteiger partial charge >= 0.3 is 0 Å². The second kappa shape index (κ2) is 10.1. The zero-order chi connectivity index (χ0) is 30.9. The van der Waals surface area contributed by atoms with Gasteiger partial charge in [-0.1, -0.05) is 103 Å². The highest BCUT2D eigenvalue weighted by atomic mass is 16.3. The number of furan rings is 2. The van der Waals surface area contributed by atoms with Crippen LogP contribution in [0.3, 0.4) is 0 Å². The predicted molar refractivity (Wildman–Crippen MR) is 196 cm³/mol. The molecular formula is C44H27NO2. The van der Waals surface area contributed by atoms with E-state index in [1.165, 1.54) is 32.7 Å². The van der Waals surface area contributed by atoms with E-state index in [4.69, 9.17) is 8.83 Å². The smallest absolute Gasteiger partial charge is 0.143 e. The van der Waals surface area contributed by atoms with E-state index in [1.807, 2.05) is 12.1 Å². The molecule has 0 saturated heterocycles. The fourth-order valence-corrected chi connectivity index (χ4v) is 7.28. The Bertz CT molecular complexity index is 2790. The molecule has 8 aromatic carbocycles. The monoisotopic (exact) mass is 601 g/mol. The van der Waals surface area contributed by atoms with Gasteiger partial charge in [0, 0.05) is 50.1 Å². The first-order chi connectivity index (χ1) is 23.3. The SMILES string of the molecule is c1ccc(N(c2ccc(-c3cccc4c3ccc3oc5ccccc5c34)cc2)c2ccc3c(c2)oc2c4ccccc4ccc32)cc1. The van der Waals surface area contributed by atoms with Gasteiger partial charge in [0.25, 0.3) is 0 Å². The molecule has 0 bridgehead atoms. The molecule has 0 atom stereocenters. The Labute approximate surface area is 270 Å². The van der Waals surface area contributed by atoms with Crippen molar-refractivity contribution in [2.75, 3.05) is 4.90 Å². The first-order valence-electron chi connectivity index (χ1n) is 15.9. The number of fused-ring (bicyclic) bond motifs is 10. The van der Waals surface area contributed by atoms with Gasteiger partial charge in [0.05, 0.1) is 0 Å². The third-order valence-electron chi connectivity index (χ3n) is 9.46. The molecule has 0 aliphatic rings. The normalized spacial score (nSPS) is 11.8. The molecule has 0 amide bonds. The summed E-state index contributed by atoms with van der Waals surface area (Å²) in [5.41, 5.74) is 9.20. The average molecular weight is 602 g/mol.